The van der Waals surface area contributed by atoms with Crippen LogP contribution >= 0.6 is 0 Å². The van der Waals surface area contributed by atoms with Crippen LogP contribution in [0.4, 0.5) is 4.39 Å². The van der Waals surface area contributed by atoms with Crippen molar-refractivity contribution in [3.63, 3.8) is 0 Å². The van der Waals surface area contributed by atoms with E-state index in [4.69, 9.17) is 0 Å². The first kappa shape index (κ1) is 12.6. The van der Waals surface area contributed by atoms with Gasteiger partial charge in [-0.15, -0.1) is 0 Å². The van der Waals surface area contributed by atoms with E-state index < -0.39 is 0 Å². The summed E-state index contributed by atoms with van der Waals surface area (Å²) in [6.07, 6.45) is 1.82. The van der Waals surface area contributed by atoms with Gasteiger partial charge in [0.15, 0.2) is 5.82 Å². The molecule has 1 aromatic heterocycles. The van der Waals surface area contributed by atoms with Crippen molar-refractivity contribution in [3.8, 4) is 11.4 Å². The number of aryl methyl sites for hydroxylation is 1. The summed E-state index contributed by atoms with van der Waals surface area (Å²) in [6.45, 7) is 4.02. The molecule has 3 nitrogen and oxygen atoms in total. The third-order valence-electron chi connectivity index (χ3n) is 3.02. The summed E-state index contributed by atoms with van der Waals surface area (Å²) in [4.78, 5) is 8.80. The minimum absolute atomic E-state index is 0.215. The SMILES string of the molecule is CNC(C)c1cnc(-c2ccc(F)cc2)nc1C. The molecule has 0 aliphatic rings. The zero-order valence-corrected chi connectivity index (χ0v) is 10.7. The molecule has 0 amide bonds. The summed E-state index contributed by atoms with van der Waals surface area (Å²) in [5.74, 6) is 0.371. The van der Waals surface area contributed by atoms with Gasteiger partial charge in [0.2, 0.25) is 0 Å². The number of nitrogens with zero attached hydrogens (tertiary/aromatic N) is 2. The molecule has 4 heteroatoms. The van der Waals surface area contributed by atoms with Crippen LogP contribution in [0.15, 0.2) is 30.5 Å². The van der Waals surface area contributed by atoms with Crippen molar-refractivity contribution in [3.05, 3.63) is 47.5 Å². The molecule has 94 valence electrons. The van der Waals surface area contributed by atoms with Gasteiger partial charge in [0, 0.05) is 29.1 Å². The van der Waals surface area contributed by atoms with Gasteiger partial charge in [-0.1, -0.05) is 0 Å². The Bertz CT molecular complexity index is 537. The summed E-state index contributed by atoms with van der Waals surface area (Å²) in [5, 5.41) is 3.16. The van der Waals surface area contributed by atoms with Crippen LogP contribution in [0.2, 0.25) is 0 Å². The fourth-order valence-electron chi connectivity index (χ4n) is 1.80. The first-order chi connectivity index (χ1) is 8.61. The van der Waals surface area contributed by atoms with Crippen molar-refractivity contribution in [1.29, 1.82) is 0 Å². The van der Waals surface area contributed by atoms with Crippen LogP contribution in [0, 0.1) is 12.7 Å². The van der Waals surface area contributed by atoms with E-state index in [1.807, 2.05) is 20.2 Å². The Morgan fingerprint density at radius 3 is 2.44 bits per heavy atom. The highest BCUT2D eigenvalue weighted by molar-refractivity contribution is 5.54. The quantitative estimate of drug-likeness (QED) is 0.903. The molecule has 2 aromatic rings. The fraction of sp³-hybridized carbons (Fsp3) is 0.286. The highest BCUT2D eigenvalue weighted by Gasteiger charge is 2.10. The summed E-state index contributed by atoms with van der Waals surface area (Å²) in [5.41, 5.74) is 2.83. The minimum atomic E-state index is -0.254. The highest BCUT2D eigenvalue weighted by atomic mass is 19.1. The topological polar surface area (TPSA) is 37.8 Å². The lowest BCUT2D eigenvalue weighted by atomic mass is 10.1. The maximum Gasteiger partial charge on any atom is 0.159 e. The Morgan fingerprint density at radius 1 is 1.22 bits per heavy atom. The van der Waals surface area contributed by atoms with Crippen LogP contribution in [-0.2, 0) is 0 Å². The number of benzene rings is 1. The molecule has 18 heavy (non-hydrogen) atoms. The van der Waals surface area contributed by atoms with Crippen LogP contribution in [-0.4, -0.2) is 17.0 Å². The van der Waals surface area contributed by atoms with E-state index >= 15 is 0 Å². The van der Waals surface area contributed by atoms with Crippen LogP contribution in [0.5, 0.6) is 0 Å². The molecule has 0 saturated heterocycles. The highest BCUT2D eigenvalue weighted by Crippen LogP contribution is 2.19. The molecule has 2 rings (SSSR count). The standard InChI is InChI=1S/C14H16FN3/c1-9(16-3)13-8-17-14(18-10(13)2)11-4-6-12(15)7-5-11/h4-9,16H,1-3H3. The molecule has 0 bridgehead atoms. The maximum atomic E-state index is 12.8. The fourth-order valence-corrected chi connectivity index (χ4v) is 1.80. The Hall–Kier alpha value is -1.81. The third kappa shape index (κ3) is 2.54. The van der Waals surface area contributed by atoms with Crippen molar-refractivity contribution in [1.82, 2.24) is 15.3 Å². The van der Waals surface area contributed by atoms with E-state index in [1.165, 1.54) is 12.1 Å². The number of halogens is 1. The Labute approximate surface area is 106 Å². The van der Waals surface area contributed by atoms with Crippen molar-refractivity contribution in [2.75, 3.05) is 7.05 Å². The summed E-state index contributed by atoms with van der Waals surface area (Å²) in [6, 6.07) is 6.42. The smallest absolute Gasteiger partial charge is 0.159 e. The largest absolute Gasteiger partial charge is 0.313 e. The Kier molecular flexibility index (Phi) is 3.67. The molecule has 0 aliphatic carbocycles. The molecule has 0 spiro atoms. The zero-order valence-electron chi connectivity index (χ0n) is 10.7. The molecule has 1 aromatic carbocycles. The van der Waals surface area contributed by atoms with Crippen LogP contribution in [0.3, 0.4) is 0 Å². The number of hydrogen-bond acceptors (Lipinski definition) is 3. The normalized spacial score (nSPS) is 12.4. The average molecular weight is 245 g/mol. The van der Waals surface area contributed by atoms with Crippen LogP contribution in [0.25, 0.3) is 11.4 Å². The van der Waals surface area contributed by atoms with Gasteiger partial charge < -0.3 is 5.32 Å². The van der Waals surface area contributed by atoms with Gasteiger partial charge in [-0.2, -0.15) is 0 Å². The van der Waals surface area contributed by atoms with E-state index in [-0.39, 0.29) is 11.9 Å². The predicted octanol–water partition coefficient (Wildman–Crippen LogP) is 2.87. The Balaban J connectivity index is 2.37. The van der Waals surface area contributed by atoms with Crippen LogP contribution < -0.4 is 5.32 Å². The molecular formula is C14H16FN3. The first-order valence-electron chi connectivity index (χ1n) is 5.88. The molecule has 0 saturated carbocycles. The maximum absolute atomic E-state index is 12.8. The van der Waals surface area contributed by atoms with Crippen LogP contribution in [0.1, 0.15) is 24.2 Å². The molecule has 0 aliphatic heterocycles. The molecular weight excluding hydrogens is 229 g/mol. The summed E-state index contributed by atoms with van der Waals surface area (Å²) >= 11 is 0. The second-order valence-corrected chi connectivity index (χ2v) is 4.25. The number of rotatable bonds is 3. The summed E-state index contributed by atoms with van der Waals surface area (Å²) < 4.78 is 12.8. The van der Waals surface area contributed by atoms with E-state index in [0.29, 0.717) is 5.82 Å². The molecule has 0 radical (unpaired) electrons. The van der Waals surface area contributed by atoms with E-state index in [9.17, 15) is 4.39 Å². The van der Waals surface area contributed by atoms with Gasteiger partial charge in [0.1, 0.15) is 5.82 Å². The first-order valence-corrected chi connectivity index (χ1v) is 5.88. The second kappa shape index (κ2) is 5.23. The Morgan fingerprint density at radius 2 is 1.89 bits per heavy atom. The third-order valence-corrected chi connectivity index (χ3v) is 3.02. The lowest BCUT2D eigenvalue weighted by Crippen LogP contribution is -2.14. The zero-order chi connectivity index (χ0) is 13.1. The molecule has 1 heterocycles. The van der Waals surface area contributed by atoms with Gasteiger partial charge >= 0.3 is 0 Å². The summed E-state index contributed by atoms with van der Waals surface area (Å²) in [7, 11) is 1.90. The number of nitrogens with one attached hydrogen (secondary N) is 1. The van der Waals surface area contributed by atoms with E-state index in [1.54, 1.807) is 12.1 Å². The van der Waals surface area contributed by atoms with Crippen molar-refractivity contribution >= 4 is 0 Å². The number of aromatic nitrogens is 2. The predicted molar refractivity (Wildman–Crippen MR) is 69.6 cm³/mol. The van der Waals surface area contributed by atoms with Gasteiger partial charge in [-0.3, -0.25) is 0 Å². The van der Waals surface area contributed by atoms with Gasteiger partial charge in [0.05, 0.1) is 0 Å². The van der Waals surface area contributed by atoms with Crippen molar-refractivity contribution in [2.45, 2.75) is 19.9 Å². The molecule has 1 unspecified atom stereocenters. The second-order valence-electron chi connectivity index (χ2n) is 4.25. The van der Waals surface area contributed by atoms with E-state index in [2.05, 4.69) is 22.2 Å². The van der Waals surface area contributed by atoms with Gasteiger partial charge in [-0.25, -0.2) is 14.4 Å². The average Bonchev–Trinajstić information content (AvgIpc) is 2.38. The lowest BCUT2D eigenvalue weighted by Gasteiger charge is -2.13. The lowest BCUT2D eigenvalue weighted by molar-refractivity contribution is 0.628. The molecule has 0 fully saturated rings. The van der Waals surface area contributed by atoms with Crippen molar-refractivity contribution in [2.24, 2.45) is 0 Å². The van der Waals surface area contributed by atoms with Crippen molar-refractivity contribution < 1.29 is 4.39 Å². The molecule has 1 atom stereocenters. The van der Waals surface area contributed by atoms with Gasteiger partial charge in [-0.05, 0) is 45.2 Å². The van der Waals surface area contributed by atoms with E-state index in [0.717, 1.165) is 16.8 Å². The molecule has 1 N–H and O–H groups in total. The van der Waals surface area contributed by atoms with Gasteiger partial charge in [0.25, 0.3) is 0 Å². The monoisotopic (exact) mass is 245 g/mol. The number of hydrogen-bond donors (Lipinski definition) is 1. The minimum Gasteiger partial charge on any atom is -0.313 e.